The molecule has 0 unspecified atom stereocenters. The van der Waals surface area contributed by atoms with Crippen LogP contribution >= 0.6 is 23.2 Å². The van der Waals surface area contributed by atoms with Crippen LogP contribution in [0.15, 0.2) is 30.5 Å². The van der Waals surface area contributed by atoms with Crippen molar-refractivity contribution in [3.63, 3.8) is 0 Å². The predicted octanol–water partition coefficient (Wildman–Crippen LogP) is 4.25. The Kier molecular flexibility index (Phi) is 6.55. The molecule has 0 atom stereocenters. The van der Waals surface area contributed by atoms with Crippen LogP contribution < -0.4 is 5.32 Å². The number of rotatable bonds is 8. The first-order valence-electron chi connectivity index (χ1n) is 7.31. The molecule has 21 heavy (non-hydrogen) atoms. The van der Waals surface area contributed by atoms with Crippen LogP contribution in [-0.2, 0) is 0 Å². The molecule has 1 aromatic heterocycles. The van der Waals surface area contributed by atoms with Crippen molar-refractivity contribution >= 4 is 39.8 Å². The highest BCUT2D eigenvalue weighted by molar-refractivity contribution is 6.31. The molecule has 114 valence electrons. The molecule has 1 N–H and O–H groups in total. The molecule has 0 spiro atoms. The summed E-state index contributed by atoms with van der Waals surface area (Å²) >= 11 is 11.8. The van der Waals surface area contributed by atoms with Crippen LogP contribution in [-0.4, -0.2) is 41.9 Å². The van der Waals surface area contributed by atoms with Crippen LogP contribution in [0.25, 0.3) is 10.9 Å². The highest BCUT2D eigenvalue weighted by Gasteiger charge is 2.03. The van der Waals surface area contributed by atoms with E-state index in [-0.39, 0.29) is 0 Å². The standard InChI is InChI=1S/C16H21Cl2N3/c1-2-21(11-7-17)10-3-8-19-15-6-9-20-16-12-13(18)4-5-14(15)16/h4-6,9,12H,2-3,7-8,10-11H2,1H3,(H,19,20). The molecule has 0 fully saturated rings. The zero-order valence-corrected chi connectivity index (χ0v) is 13.8. The molecule has 1 heterocycles. The molecule has 0 radical (unpaired) electrons. The molecule has 0 bridgehead atoms. The number of nitrogens with one attached hydrogen (secondary N) is 1. The Labute approximate surface area is 136 Å². The van der Waals surface area contributed by atoms with Gasteiger partial charge in [-0.1, -0.05) is 18.5 Å². The van der Waals surface area contributed by atoms with E-state index in [2.05, 4.69) is 22.1 Å². The van der Waals surface area contributed by atoms with Crippen molar-refractivity contribution in [3.8, 4) is 0 Å². The Hall–Kier alpha value is -1.03. The van der Waals surface area contributed by atoms with Crippen molar-refractivity contribution in [1.29, 1.82) is 0 Å². The van der Waals surface area contributed by atoms with E-state index in [9.17, 15) is 0 Å². The van der Waals surface area contributed by atoms with Gasteiger partial charge in [0.15, 0.2) is 0 Å². The maximum atomic E-state index is 6.00. The highest BCUT2D eigenvalue weighted by atomic mass is 35.5. The molecule has 5 heteroatoms. The summed E-state index contributed by atoms with van der Waals surface area (Å²) < 4.78 is 0. The van der Waals surface area contributed by atoms with Gasteiger partial charge in [-0.15, -0.1) is 11.6 Å². The minimum absolute atomic E-state index is 0.691. The molecule has 2 rings (SSSR count). The lowest BCUT2D eigenvalue weighted by Crippen LogP contribution is -2.27. The highest BCUT2D eigenvalue weighted by Crippen LogP contribution is 2.24. The molecule has 1 aromatic carbocycles. The molecule has 2 aromatic rings. The van der Waals surface area contributed by atoms with Gasteiger partial charge in [-0.2, -0.15) is 0 Å². The quantitative estimate of drug-likeness (QED) is 0.581. The summed E-state index contributed by atoms with van der Waals surface area (Å²) in [4.78, 5) is 6.71. The third-order valence-electron chi connectivity index (χ3n) is 3.52. The fourth-order valence-electron chi connectivity index (χ4n) is 2.35. The number of benzene rings is 1. The van der Waals surface area contributed by atoms with Gasteiger partial charge in [0.05, 0.1) is 5.52 Å². The fourth-order valence-corrected chi connectivity index (χ4v) is 2.75. The number of pyridine rings is 1. The average molecular weight is 326 g/mol. The number of halogens is 2. The molecular weight excluding hydrogens is 305 g/mol. The van der Waals surface area contributed by atoms with Crippen LogP contribution in [0.4, 0.5) is 5.69 Å². The zero-order valence-electron chi connectivity index (χ0n) is 12.3. The Morgan fingerprint density at radius 3 is 2.86 bits per heavy atom. The predicted molar refractivity (Wildman–Crippen MR) is 92.7 cm³/mol. The van der Waals surface area contributed by atoms with Crippen LogP contribution in [0.5, 0.6) is 0 Å². The van der Waals surface area contributed by atoms with Crippen molar-refractivity contribution in [2.24, 2.45) is 0 Å². The largest absolute Gasteiger partial charge is 0.384 e. The lowest BCUT2D eigenvalue weighted by Gasteiger charge is -2.19. The normalized spacial score (nSPS) is 11.2. The monoisotopic (exact) mass is 325 g/mol. The summed E-state index contributed by atoms with van der Waals surface area (Å²) in [5.41, 5.74) is 2.03. The summed E-state index contributed by atoms with van der Waals surface area (Å²) in [6.45, 7) is 6.16. The topological polar surface area (TPSA) is 28.2 Å². The Morgan fingerprint density at radius 1 is 1.24 bits per heavy atom. The average Bonchev–Trinajstić information content (AvgIpc) is 2.50. The van der Waals surface area contributed by atoms with E-state index in [1.807, 2.05) is 30.5 Å². The van der Waals surface area contributed by atoms with Crippen molar-refractivity contribution in [3.05, 3.63) is 35.5 Å². The van der Waals surface area contributed by atoms with Gasteiger partial charge < -0.3 is 10.2 Å². The number of hydrogen-bond donors (Lipinski definition) is 1. The molecule has 0 amide bonds. The summed E-state index contributed by atoms with van der Waals surface area (Å²) in [6, 6.07) is 7.81. The molecule has 0 aliphatic carbocycles. The summed E-state index contributed by atoms with van der Waals surface area (Å²) in [5.74, 6) is 0.691. The fraction of sp³-hybridized carbons (Fsp3) is 0.438. The molecule has 3 nitrogen and oxygen atoms in total. The van der Waals surface area contributed by atoms with Crippen LogP contribution in [0.2, 0.25) is 5.02 Å². The molecule has 0 aliphatic heterocycles. The van der Waals surface area contributed by atoms with Crippen molar-refractivity contribution in [2.75, 3.05) is 37.4 Å². The van der Waals surface area contributed by atoms with Crippen molar-refractivity contribution in [1.82, 2.24) is 9.88 Å². The van der Waals surface area contributed by atoms with E-state index in [0.29, 0.717) is 10.9 Å². The van der Waals surface area contributed by atoms with Crippen LogP contribution in [0, 0.1) is 0 Å². The minimum atomic E-state index is 0.691. The third-order valence-corrected chi connectivity index (χ3v) is 3.92. The second kappa shape index (κ2) is 8.42. The van der Waals surface area contributed by atoms with E-state index in [4.69, 9.17) is 23.2 Å². The number of anilines is 1. The third kappa shape index (κ3) is 4.73. The van der Waals surface area contributed by atoms with Crippen LogP contribution in [0.1, 0.15) is 13.3 Å². The second-order valence-electron chi connectivity index (χ2n) is 4.92. The summed E-state index contributed by atoms with van der Waals surface area (Å²) in [6.07, 6.45) is 2.90. The van der Waals surface area contributed by atoms with Crippen molar-refractivity contribution < 1.29 is 0 Å². The van der Waals surface area contributed by atoms with Crippen LogP contribution in [0.3, 0.4) is 0 Å². The first-order chi connectivity index (χ1) is 10.2. The number of nitrogens with zero attached hydrogens (tertiary/aromatic N) is 2. The van der Waals surface area contributed by atoms with E-state index in [1.54, 1.807) is 0 Å². The molecular formula is C16H21Cl2N3. The smallest absolute Gasteiger partial charge is 0.0737 e. The lowest BCUT2D eigenvalue weighted by molar-refractivity contribution is 0.304. The van der Waals surface area contributed by atoms with Gasteiger partial charge in [0.25, 0.3) is 0 Å². The number of hydrogen-bond acceptors (Lipinski definition) is 3. The number of alkyl halides is 1. The first kappa shape index (κ1) is 16.3. The number of fused-ring (bicyclic) bond motifs is 1. The van der Waals surface area contributed by atoms with Gasteiger partial charge >= 0.3 is 0 Å². The van der Waals surface area contributed by atoms with Gasteiger partial charge in [-0.05, 0) is 43.8 Å². The Bertz CT molecular complexity index is 574. The molecule has 0 aliphatic rings. The first-order valence-corrected chi connectivity index (χ1v) is 8.22. The van der Waals surface area contributed by atoms with Gasteiger partial charge in [-0.3, -0.25) is 4.98 Å². The van der Waals surface area contributed by atoms with Gasteiger partial charge in [0.1, 0.15) is 0 Å². The van der Waals surface area contributed by atoms with E-state index >= 15 is 0 Å². The maximum Gasteiger partial charge on any atom is 0.0737 e. The van der Waals surface area contributed by atoms with E-state index in [0.717, 1.165) is 49.2 Å². The summed E-state index contributed by atoms with van der Waals surface area (Å²) in [5, 5.41) is 5.31. The zero-order chi connectivity index (χ0) is 15.1. The van der Waals surface area contributed by atoms with E-state index < -0.39 is 0 Å². The maximum absolute atomic E-state index is 6.00. The minimum Gasteiger partial charge on any atom is -0.384 e. The van der Waals surface area contributed by atoms with Gasteiger partial charge in [0.2, 0.25) is 0 Å². The van der Waals surface area contributed by atoms with Gasteiger partial charge in [0, 0.05) is 41.3 Å². The lowest BCUT2D eigenvalue weighted by atomic mass is 10.2. The Morgan fingerprint density at radius 2 is 2.10 bits per heavy atom. The SMILES string of the molecule is CCN(CCCl)CCCNc1ccnc2cc(Cl)ccc12. The molecule has 0 saturated carbocycles. The number of aromatic nitrogens is 1. The molecule has 0 saturated heterocycles. The Balaban J connectivity index is 1.92. The van der Waals surface area contributed by atoms with Crippen molar-refractivity contribution in [2.45, 2.75) is 13.3 Å². The van der Waals surface area contributed by atoms with Gasteiger partial charge in [-0.25, -0.2) is 0 Å². The van der Waals surface area contributed by atoms with E-state index in [1.165, 1.54) is 0 Å². The summed E-state index contributed by atoms with van der Waals surface area (Å²) in [7, 11) is 0. The second-order valence-corrected chi connectivity index (χ2v) is 5.74.